The monoisotopic (exact) mass is 365 g/mol. The quantitative estimate of drug-likeness (QED) is 0.702. The SMILES string of the molecule is CCN(c1nc(-c2cncnc2)nc2c1nc1n2CCOC1(C)C)C1CC1. The molecule has 2 aliphatic rings. The number of aromatic nitrogens is 6. The van der Waals surface area contributed by atoms with Crippen LogP contribution >= 0.6 is 0 Å². The Morgan fingerprint density at radius 3 is 2.67 bits per heavy atom. The number of rotatable bonds is 4. The van der Waals surface area contributed by atoms with Gasteiger partial charge in [0.05, 0.1) is 12.2 Å². The summed E-state index contributed by atoms with van der Waals surface area (Å²) < 4.78 is 8.14. The second kappa shape index (κ2) is 5.95. The van der Waals surface area contributed by atoms with Gasteiger partial charge in [-0.3, -0.25) is 0 Å². The van der Waals surface area contributed by atoms with Crippen molar-refractivity contribution in [2.45, 2.75) is 51.8 Å². The molecule has 0 radical (unpaired) electrons. The second-order valence-corrected chi connectivity index (χ2v) is 7.63. The molecule has 0 atom stereocenters. The predicted molar refractivity (Wildman–Crippen MR) is 101 cm³/mol. The molecule has 5 rings (SSSR count). The summed E-state index contributed by atoms with van der Waals surface area (Å²) >= 11 is 0. The summed E-state index contributed by atoms with van der Waals surface area (Å²) in [6.45, 7) is 8.56. The van der Waals surface area contributed by atoms with Crippen molar-refractivity contribution in [2.24, 2.45) is 0 Å². The van der Waals surface area contributed by atoms with Crippen molar-refractivity contribution in [3.05, 3.63) is 24.5 Å². The highest BCUT2D eigenvalue weighted by molar-refractivity contribution is 5.86. The molecule has 8 nitrogen and oxygen atoms in total. The van der Waals surface area contributed by atoms with Gasteiger partial charge < -0.3 is 14.2 Å². The Morgan fingerprint density at radius 2 is 1.96 bits per heavy atom. The Kier molecular flexibility index (Phi) is 3.65. The van der Waals surface area contributed by atoms with Crippen LogP contribution in [0.3, 0.4) is 0 Å². The fourth-order valence-electron chi connectivity index (χ4n) is 3.83. The lowest BCUT2D eigenvalue weighted by atomic mass is 10.1. The summed E-state index contributed by atoms with van der Waals surface area (Å²) in [6.07, 6.45) is 7.43. The maximum atomic E-state index is 5.96. The Labute approximate surface area is 157 Å². The zero-order valence-electron chi connectivity index (χ0n) is 15.9. The van der Waals surface area contributed by atoms with Crippen molar-refractivity contribution in [2.75, 3.05) is 18.1 Å². The van der Waals surface area contributed by atoms with Crippen LogP contribution in [0.25, 0.3) is 22.6 Å². The molecule has 3 aromatic rings. The second-order valence-electron chi connectivity index (χ2n) is 7.63. The molecule has 0 aromatic carbocycles. The van der Waals surface area contributed by atoms with Gasteiger partial charge in [0.25, 0.3) is 0 Å². The van der Waals surface area contributed by atoms with Crippen molar-refractivity contribution >= 4 is 17.0 Å². The summed E-state index contributed by atoms with van der Waals surface area (Å²) in [7, 11) is 0. The number of hydrogen-bond donors (Lipinski definition) is 0. The normalized spacial score (nSPS) is 18.5. The average molecular weight is 365 g/mol. The fraction of sp³-hybridized carbons (Fsp3) is 0.526. The van der Waals surface area contributed by atoms with E-state index in [9.17, 15) is 0 Å². The van der Waals surface area contributed by atoms with E-state index in [1.54, 1.807) is 12.4 Å². The Bertz CT molecular complexity index is 994. The molecule has 0 unspecified atom stereocenters. The third-order valence-corrected chi connectivity index (χ3v) is 5.31. The van der Waals surface area contributed by atoms with Gasteiger partial charge >= 0.3 is 0 Å². The lowest BCUT2D eigenvalue weighted by Crippen LogP contribution is -2.33. The molecule has 140 valence electrons. The van der Waals surface area contributed by atoms with Gasteiger partial charge in [0.2, 0.25) is 0 Å². The van der Waals surface area contributed by atoms with E-state index in [1.807, 2.05) is 0 Å². The van der Waals surface area contributed by atoms with E-state index in [0.717, 1.165) is 41.5 Å². The maximum Gasteiger partial charge on any atom is 0.167 e. The zero-order chi connectivity index (χ0) is 18.6. The van der Waals surface area contributed by atoms with Crippen molar-refractivity contribution in [3.63, 3.8) is 0 Å². The van der Waals surface area contributed by atoms with E-state index in [-0.39, 0.29) is 0 Å². The topological polar surface area (TPSA) is 81.9 Å². The summed E-state index contributed by atoms with van der Waals surface area (Å²) in [6, 6.07) is 0.538. The van der Waals surface area contributed by atoms with Crippen molar-refractivity contribution in [1.29, 1.82) is 0 Å². The lowest BCUT2D eigenvalue weighted by molar-refractivity contribution is -0.0530. The Balaban J connectivity index is 1.79. The fourth-order valence-corrected chi connectivity index (χ4v) is 3.83. The van der Waals surface area contributed by atoms with Crippen LogP contribution in [0.5, 0.6) is 0 Å². The molecular formula is C19H23N7O. The van der Waals surface area contributed by atoms with Gasteiger partial charge in [0.1, 0.15) is 17.8 Å². The van der Waals surface area contributed by atoms with Crippen LogP contribution in [0.2, 0.25) is 0 Å². The number of nitrogens with zero attached hydrogens (tertiary/aromatic N) is 7. The molecule has 0 bridgehead atoms. The molecule has 0 amide bonds. The highest BCUT2D eigenvalue weighted by Crippen LogP contribution is 2.38. The number of anilines is 1. The van der Waals surface area contributed by atoms with E-state index < -0.39 is 5.60 Å². The Morgan fingerprint density at radius 1 is 1.19 bits per heavy atom. The molecule has 1 aliphatic carbocycles. The third-order valence-electron chi connectivity index (χ3n) is 5.31. The van der Waals surface area contributed by atoms with E-state index in [1.165, 1.54) is 19.2 Å². The number of ether oxygens (including phenoxy) is 1. The van der Waals surface area contributed by atoms with Crippen LogP contribution in [-0.4, -0.2) is 48.7 Å². The van der Waals surface area contributed by atoms with Gasteiger partial charge in [-0.05, 0) is 33.6 Å². The summed E-state index contributed by atoms with van der Waals surface area (Å²) in [5.41, 5.74) is 2.10. The molecule has 0 spiro atoms. The van der Waals surface area contributed by atoms with Crippen molar-refractivity contribution < 1.29 is 4.74 Å². The van der Waals surface area contributed by atoms with Crippen LogP contribution in [0.4, 0.5) is 5.82 Å². The molecule has 1 saturated carbocycles. The highest BCUT2D eigenvalue weighted by atomic mass is 16.5. The first-order chi connectivity index (χ1) is 13.1. The van der Waals surface area contributed by atoms with Crippen LogP contribution in [0.1, 0.15) is 39.4 Å². The third kappa shape index (κ3) is 2.66. The molecule has 0 saturated heterocycles. The van der Waals surface area contributed by atoms with E-state index in [4.69, 9.17) is 19.7 Å². The van der Waals surface area contributed by atoms with Crippen LogP contribution < -0.4 is 4.90 Å². The zero-order valence-corrected chi connectivity index (χ0v) is 15.9. The summed E-state index contributed by atoms with van der Waals surface area (Å²) in [4.78, 5) is 25.4. The first kappa shape index (κ1) is 16.6. The lowest BCUT2D eigenvalue weighted by Gasteiger charge is -2.30. The highest BCUT2D eigenvalue weighted by Gasteiger charge is 2.36. The van der Waals surface area contributed by atoms with Gasteiger partial charge in [-0.25, -0.2) is 24.9 Å². The standard InChI is InChI=1S/C19H23N7O/c1-4-25(13-5-6-13)16-14-17(24-15(23-16)12-9-20-11-21-10-12)26-7-8-27-19(2,3)18(26)22-14/h9-11,13H,4-8H2,1-3H3. The van der Waals surface area contributed by atoms with Gasteiger partial charge in [0.15, 0.2) is 22.8 Å². The number of hydrogen-bond acceptors (Lipinski definition) is 7. The van der Waals surface area contributed by atoms with Gasteiger partial charge in [-0.1, -0.05) is 0 Å². The van der Waals surface area contributed by atoms with Crippen molar-refractivity contribution in [3.8, 4) is 11.4 Å². The van der Waals surface area contributed by atoms with E-state index in [2.05, 4.69) is 40.2 Å². The first-order valence-electron chi connectivity index (χ1n) is 9.53. The smallest absolute Gasteiger partial charge is 0.167 e. The average Bonchev–Trinajstić information content (AvgIpc) is 3.43. The predicted octanol–water partition coefficient (Wildman–Crippen LogP) is 2.54. The summed E-state index contributed by atoms with van der Waals surface area (Å²) in [5.74, 6) is 2.46. The molecule has 8 heteroatoms. The summed E-state index contributed by atoms with van der Waals surface area (Å²) in [5, 5.41) is 0. The molecule has 27 heavy (non-hydrogen) atoms. The molecule has 1 aliphatic heterocycles. The minimum atomic E-state index is -0.442. The van der Waals surface area contributed by atoms with E-state index >= 15 is 0 Å². The van der Waals surface area contributed by atoms with Gasteiger partial charge in [0, 0.05) is 31.5 Å². The molecule has 3 aromatic heterocycles. The first-order valence-corrected chi connectivity index (χ1v) is 9.53. The van der Waals surface area contributed by atoms with Crippen molar-refractivity contribution in [1.82, 2.24) is 29.5 Å². The number of imidazole rings is 1. The van der Waals surface area contributed by atoms with Crippen LogP contribution in [0.15, 0.2) is 18.7 Å². The molecule has 1 fully saturated rings. The van der Waals surface area contributed by atoms with Gasteiger partial charge in [-0.15, -0.1) is 0 Å². The molecular weight excluding hydrogens is 342 g/mol. The molecule has 0 N–H and O–H groups in total. The number of fused-ring (bicyclic) bond motifs is 3. The maximum absolute atomic E-state index is 5.96. The van der Waals surface area contributed by atoms with Crippen LogP contribution in [-0.2, 0) is 16.9 Å². The minimum absolute atomic E-state index is 0.442. The van der Waals surface area contributed by atoms with Gasteiger partial charge in [-0.2, -0.15) is 0 Å². The molecule has 4 heterocycles. The minimum Gasteiger partial charge on any atom is -0.366 e. The largest absolute Gasteiger partial charge is 0.366 e. The van der Waals surface area contributed by atoms with Crippen LogP contribution in [0, 0.1) is 0 Å². The Hall–Kier alpha value is -2.61. The van der Waals surface area contributed by atoms with E-state index in [0.29, 0.717) is 18.5 Å².